The van der Waals surface area contributed by atoms with Crippen LogP contribution in [0.25, 0.3) is 0 Å². The van der Waals surface area contributed by atoms with Crippen LogP contribution in [0.3, 0.4) is 0 Å². The van der Waals surface area contributed by atoms with Gasteiger partial charge in [-0.25, -0.2) is 14.8 Å². The van der Waals surface area contributed by atoms with E-state index in [4.69, 9.17) is 14.5 Å². The summed E-state index contributed by atoms with van der Waals surface area (Å²) >= 11 is 1.39. The normalized spacial score (nSPS) is 18.4. The molecule has 0 saturated carbocycles. The Bertz CT molecular complexity index is 1520. The maximum Gasteiger partial charge on any atom is 0.411 e. The number of rotatable bonds is 8. The maximum absolute atomic E-state index is 13.5. The maximum atomic E-state index is 13.5. The standard InChI is InChI=1S/C29H29FN6O4S/c30-26-15-19(9-11-31-26)16-35-12-1-4-25(35)27(37)34-28-33-23(18-41-28)24-3-2-13-36(24)21-7-5-20(6-8-21)32-29(38)40-22-10-14-39-17-22/h1,4-9,11-12,15,18,22,24H,2-3,10,13-14,16-17H2,(H,32,38)(H,33,34,37). The second kappa shape index (κ2) is 12.1. The first-order valence-corrected chi connectivity index (χ1v) is 14.3. The number of thiazole rings is 1. The molecule has 3 aromatic heterocycles. The highest BCUT2D eigenvalue weighted by atomic mass is 32.1. The summed E-state index contributed by atoms with van der Waals surface area (Å²) in [6, 6.07) is 14.3. The predicted octanol–water partition coefficient (Wildman–Crippen LogP) is 5.46. The van der Waals surface area contributed by atoms with Crippen LogP contribution in [0.2, 0.25) is 0 Å². The van der Waals surface area contributed by atoms with Crippen LogP contribution in [-0.2, 0) is 16.0 Å². The molecule has 2 aliphatic heterocycles. The highest BCUT2D eigenvalue weighted by molar-refractivity contribution is 7.14. The number of hydrogen-bond donors (Lipinski definition) is 2. The molecule has 2 unspecified atom stereocenters. The second-order valence-electron chi connectivity index (χ2n) is 9.95. The molecule has 2 fully saturated rings. The Labute approximate surface area is 240 Å². The van der Waals surface area contributed by atoms with Gasteiger partial charge in [-0.15, -0.1) is 11.3 Å². The van der Waals surface area contributed by atoms with E-state index in [2.05, 4.69) is 20.5 Å². The third kappa shape index (κ3) is 6.39. The van der Waals surface area contributed by atoms with E-state index in [1.807, 2.05) is 29.6 Å². The number of hydrogen-bond acceptors (Lipinski definition) is 8. The minimum Gasteiger partial charge on any atom is -0.443 e. The Morgan fingerprint density at radius 1 is 1.15 bits per heavy atom. The summed E-state index contributed by atoms with van der Waals surface area (Å²) in [5.74, 6) is -0.838. The number of nitrogens with one attached hydrogen (secondary N) is 2. The smallest absolute Gasteiger partial charge is 0.411 e. The van der Waals surface area contributed by atoms with E-state index in [-0.39, 0.29) is 18.1 Å². The topological polar surface area (TPSA) is 111 Å². The van der Waals surface area contributed by atoms with Gasteiger partial charge in [0.15, 0.2) is 5.13 Å². The van der Waals surface area contributed by atoms with Crippen LogP contribution in [0.1, 0.15) is 47.1 Å². The van der Waals surface area contributed by atoms with Gasteiger partial charge in [0.2, 0.25) is 5.95 Å². The quantitative estimate of drug-likeness (QED) is 0.268. The molecule has 0 bridgehead atoms. The third-order valence-corrected chi connectivity index (χ3v) is 7.93. The van der Waals surface area contributed by atoms with Crippen molar-refractivity contribution in [2.75, 3.05) is 35.3 Å². The summed E-state index contributed by atoms with van der Waals surface area (Å²) in [5, 5.41) is 8.19. The van der Waals surface area contributed by atoms with Crippen LogP contribution in [0.15, 0.2) is 66.3 Å². The number of halogens is 1. The number of amides is 2. The zero-order valence-electron chi connectivity index (χ0n) is 22.2. The fraction of sp³-hybridized carbons (Fsp3) is 0.310. The number of nitrogens with zero attached hydrogens (tertiary/aromatic N) is 4. The SMILES string of the molecule is O=C(Nc1ccc(N2CCCC2c2csc(NC(=O)c3cccn3Cc3ccnc(F)c3)n2)cc1)OC1CCOC1. The molecule has 2 aliphatic rings. The molecule has 2 atom stereocenters. The molecule has 1 aromatic carbocycles. The lowest BCUT2D eigenvalue weighted by atomic mass is 10.1. The summed E-state index contributed by atoms with van der Waals surface area (Å²) in [6.45, 7) is 2.28. The zero-order chi connectivity index (χ0) is 28.2. The van der Waals surface area contributed by atoms with Crippen LogP contribution >= 0.6 is 11.3 Å². The van der Waals surface area contributed by atoms with Gasteiger partial charge in [-0.2, -0.15) is 4.39 Å². The molecule has 5 heterocycles. The van der Waals surface area contributed by atoms with Gasteiger partial charge in [0.1, 0.15) is 11.8 Å². The summed E-state index contributed by atoms with van der Waals surface area (Å²) < 4.78 is 25.9. The molecule has 6 rings (SSSR count). The van der Waals surface area contributed by atoms with Crippen molar-refractivity contribution < 1.29 is 23.5 Å². The van der Waals surface area contributed by atoms with E-state index >= 15 is 0 Å². The van der Waals surface area contributed by atoms with E-state index < -0.39 is 12.0 Å². The van der Waals surface area contributed by atoms with Gasteiger partial charge in [-0.05, 0) is 66.9 Å². The van der Waals surface area contributed by atoms with Crippen molar-refractivity contribution in [1.82, 2.24) is 14.5 Å². The van der Waals surface area contributed by atoms with Crippen LogP contribution in [0.5, 0.6) is 0 Å². The summed E-state index contributed by atoms with van der Waals surface area (Å²) in [4.78, 5) is 35.8. The van der Waals surface area contributed by atoms with Gasteiger partial charge in [-0.1, -0.05) is 0 Å². The van der Waals surface area contributed by atoms with Gasteiger partial charge in [-0.3, -0.25) is 15.4 Å². The molecule has 2 amide bonds. The number of anilines is 3. The Morgan fingerprint density at radius 3 is 2.83 bits per heavy atom. The molecule has 2 N–H and O–H groups in total. The van der Waals surface area contributed by atoms with E-state index in [0.717, 1.165) is 30.8 Å². The van der Waals surface area contributed by atoms with Crippen molar-refractivity contribution in [3.63, 3.8) is 0 Å². The number of benzene rings is 1. The van der Waals surface area contributed by atoms with Crippen molar-refractivity contribution in [2.45, 2.75) is 38.0 Å². The minimum absolute atomic E-state index is 0.0773. The Kier molecular flexibility index (Phi) is 7.92. The zero-order valence-corrected chi connectivity index (χ0v) is 23.0. The second-order valence-corrected chi connectivity index (χ2v) is 10.8. The van der Waals surface area contributed by atoms with Gasteiger partial charge in [0.05, 0.1) is 24.9 Å². The van der Waals surface area contributed by atoms with Gasteiger partial charge in [0.25, 0.3) is 5.91 Å². The van der Waals surface area contributed by atoms with Gasteiger partial charge in [0, 0.05) is 48.7 Å². The number of ether oxygens (including phenoxy) is 2. The monoisotopic (exact) mass is 576 g/mol. The van der Waals surface area contributed by atoms with E-state index in [9.17, 15) is 14.0 Å². The molecule has 0 spiro atoms. The molecular weight excluding hydrogens is 547 g/mol. The van der Waals surface area contributed by atoms with Gasteiger partial charge >= 0.3 is 6.09 Å². The number of pyridine rings is 1. The molecule has 4 aromatic rings. The van der Waals surface area contributed by atoms with Crippen LogP contribution < -0.4 is 15.5 Å². The van der Waals surface area contributed by atoms with Crippen LogP contribution in [0.4, 0.5) is 25.7 Å². The number of carbonyl (C=O) groups is 2. The molecule has 41 heavy (non-hydrogen) atoms. The van der Waals surface area contributed by atoms with Gasteiger partial charge < -0.3 is 18.9 Å². The first kappa shape index (κ1) is 26.9. The number of carbonyl (C=O) groups excluding carboxylic acids is 2. The lowest BCUT2D eigenvalue weighted by Gasteiger charge is -2.26. The fourth-order valence-corrected chi connectivity index (χ4v) is 5.93. The largest absolute Gasteiger partial charge is 0.443 e. The van der Waals surface area contributed by atoms with Crippen LogP contribution in [-0.4, -0.2) is 52.4 Å². The first-order chi connectivity index (χ1) is 20.0. The van der Waals surface area contributed by atoms with E-state index in [0.29, 0.717) is 48.3 Å². The summed E-state index contributed by atoms with van der Waals surface area (Å²) in [5.41, 5.74) is 3.75. The molecule has 212 valence electrons. The number of aromatic nitrogens is 3. The lowest BCUT2D eigenvalue weighted by Crippen LogP contribution is -2.23. The van der Waals surface area contributed by atoms with E-state index in [1.54, 1.807) is 29.0 Å². The van der Waals surface area contributed by atoms with Crippen molar-refractivity contribution in [1.29, 1.82) is 0 Å². The lowest BCUT2D eigenvalue weighted by molar-refractivity contribution is 0.0931. The van der Waals surface area contributed by atoms with E-state index in [1.165, 1.54) is 23.6 Å². The Hall–Kier alpha value is -4.29. The molecule has 2 saturated heterocycles. The average Bonchev–Trinajstić information content (AvgIpc) is 3.77. The van der Waals surface area contributed by atoms with Crippen molar-refractivity contribution in [2.24, 2.45) is 0 Å². The van der Waals surface area contributed by atoms with Crippen molar-refractivity contribution in [3.05, 3.63) is 89.2 Å². The summed E-state index contributed by atoms with van der Waals surface area (Å²) in [6.07, 6.45) is 5.19. The highest BCUT2D eigenvalue weighted by Gasteiger charge is 2.29. The molecule has 0 radical (unpaired) electrons. The van der Waals surface area contributed by atoms with Crippen molar-refractivity contribution in [3.8, 4) is 0 Å². The fourth-order valence-electron chi connectivity index (χ4n) is 5.18. The molecule has 10 nitrogen and oxygen atoms in total. The first-order valence-electron chi connectivity index (χ1n) is 13.5. The molecule has 0 aliphatic carbocycles. The average molecular weight is 577 g/mol. The highest BCUT2D eigenvalue weighted by Crippen LogP contribution is 2.37. The minimum atomic E-state index is -0.556. The summed E-state index contributed by atoms with van der Waals surface area (Å²) in [7, 11) is 0. The molecule has 12 heteroatoms. The third-order valence-electron chi connectivity index (χ3n) is 7.15. The van der Waals surface area contributed by atoms with Crippen LogP contribution in [0, 0.1) is 5.95 Å². The Morgan fingerprint density at radius 2 is 2.02 bits per heavy atom. The van der Waals surface area contributed by atoms with Crippen molar-refractivity contribution >= 4 is 39.8 Å². The predicted molar refractivity (Wildman–Crippen MR) is 153 cm³/mol. The molecular formula is C29H29FN6O4S. The Balaban J connectivity index is 1.08.